The normalized spacial score (nSPS) is 23.7. The summed E-state index contributed by atoms with van der Waals surface area (Å²) in [7, 11) is 2.62. The van der Waals surface area contributed by atoms with E-state index in [0.29, 0.717) is 23.3 Å². The molecule has 3 atom stereocenters. The van der Waals surface area contributed by atoms with Crippen molar-refractivity contribution >= 4 is 40.4 Å². The summed E-state index contributed by atoms with van der Waals surface area (Å²) in [6.07, 6.45) is 0.481. The highest BCUT2D eigenvalue weighted by molar-refractivity contribution is 7.10. The minimum atomic E-state index is -0.950. The lowest BCUT2D eigenvalue weighted by Crippen LogP contribution is -2.43. The third-order valence-corrected chi connectivity index (χ3v) is 7.56. The van der Waals surface area contributed by atoms with Gasteiger partial charge >= 0.3 is 11.9 Å². The van der Waals surface area contributed by atoms with Crippen LogP contribution in [0.5, 0.6) is 0 Å². The second kappa shape index (κ2) is 8.20. The van der Waals surface area contributed by atoms with Crippen LogP contribution in [-0.2, 0) is 23.9 Å². The van der Waals surface area contributed by atoms with Crippen LogP contribution in [0, 0.1) is 5.92 Å². The first-order valence-electron chi connectivity index (χ1n) is 9.45. The molecule has 0 fully saturated rings. The van der Waals surface area contributed by atoms with Crippen LogP contribution >= 0.6 is 22.7 Å². The lowest BCUT2D eigenvalue weighted by atomic mass is 9.69. The molecule has 2 aliphatic rings. The van der Waals surface area contributed by atoms with Gasteiger partial charge in [-0.15, -0.1) is 22.7 Å². The summed E-state index contributed by atoms with van der Waals surface area (Å²) in [5.41, 5.74) is 2.26. The third kappa shape index (κ3) is 3.30. The lowest BCUT2D eigenvalue weighted by Gasteiger charge is -2.38. The molecule has 0 aromatic carbocycles. The van der Waals surface area contributed by atoms with E-state index >= 15 is 0 Å². The van der Waals surface area contributed by atoms with Gasteiger partial charge in [-0.05, 0) is 36.2 Å². The molecular weight excluding hydrogens is 422 g/mol. The fraction of sp³-hybridized carbons (Fsp3) is 0.318. The van der Waals surface area contributed by atoms with E-state index in [1.165, 1.54) is 36.9 Å². The molecule has 8 heteroatoms. The second-order valence-corrected chi connectivity index (χ2v) is 9.15. The van der Waals surface area contributed by atoms with Crippen molar-refractivity contribution in [2.45, 2.75) is 25.2 Å². The Morgan fingerprint density at radius 2 is 1.73 bits per heavy atom. The first kappa shape index (κ1) is 20.6. The number of ether oxygens (including phenoxy) is 2. The highest BCUT2D eigenvalue weighted by Gasteiger charge is 2.49. The van der Waals surface area contributed by atoms with Crippen molar-refractivity contribution in [3.05, 3.63) is 67.3 Å². The van der Waals surface area contributed by atoms with Crippen LogP contribution in [0.3, 0.4) is 0 Å². The quantitative estimate of drug-likeness (QED) is 0.573. The maximum atomic E-state index is 13.8. The third-order valence-electron chi connectivity index (χ3n) is 5.62. The van der Waals surface area contributed by atoms with E-state index in [0.717, 1.165) is 15.5 Å². The fourth-order valence-corrected chi connectivity index (χ4v) is 6.03. The second-order valence-electron chi connectivity index (χ2n) is 7.19. The van der Waals surface area contributed by atoms with E-state index in [4.69, 9.17) is 9.47 Å². The van der Waals surface area contributed by atoms with Crippen LogP contribution in [0.25, 0.3) is 0 Å². The van der Waals surface area contributed by atoms with Gasteiger partial charge in [0.05, 0.1) is 25.7 Å². The Balaban J connectivity index is 1.88. The number of esters is 2. The summed E-state index contributed by atoms with van der Waals surface area (Å²) < 4.78 is 10.0. The number of carbonyl (C=O) groups is 3. The van der Waals surface area contributed by atoms with Crippen molar-refractivity contribution in [1.29, 1.82) is 0 Å². The zero-order valence-electron chi connectivity index (χ0n) is 16.8. The predicted octanol–water partition coefficient (Wildman–Crippen LogP) is 3.74. The number of ketones is 1. The highest BCUT2D eigenvalue weighted by atomic mass is 32.1. The molecule has 0 radical (unpaired) electrons. The monoisotopic (exact) mass is 443 g/mol. The standard InChI is InChI=1S/C22H21NO5S2/c1-11-16(21(25)27-2)19(15-7-5-9-30-15)18-13(23-11)10-12(14-6-4-8-29-14)17(20(18)24)22(26)28-3/h4-9,12,17,19,23H,10H2,1-3H3/t12-,17+,19-/m1/s1. The molecule has 0 saturated carbocycles. The number of allylic oxidation sites excluding steroid dienone is 3. The summed E-state index contributed by atoms with van der Waals surface area (Å²) in [6, 6.07) is 7.62. The van der Waals surface area contributed by atoms with Crippen LogP contribution in [0.4, 0.5) is 0 Å². The number of rotatable bonds is 4. The van der Waals surface area contributed by atoms with Gasteiger partial charge in [0.1, 0.15) is 5.92 Å². The fourth-order valence-electron chi connectivity index (χ4n) is 4.32. The Kier molecular flexibility index (Phi) is 5.62. The zero-order chi connectivity index (χ0) is 21.4. The van der Waals surface area contributed by atoms with Crippen LogP contribution in [0.2, 0.25) is 0 Å². The van der Waals surface area contributed by atoms with Gasteiger partial charge in [-0.1, -0.05) is 12.1 Å². The molecule has 0 spiro atoms. The number of hydrogen-bond acceptors (Lipinski definition) is 8. The van der Waals surface area contributed by atoms with Gasteiger partial charge in [0.15, 0.2) is 5.78 Å². The smallest absolute Gasteiger partial charge is 0.336 e. The first-order chi connectivity index (χ1) is 14.5. The molecule has 1 N–H and O–H groups in total. The predicted molar refractivity (Wildman–Crippen MR) is 114 cm³/mol. The van der Waals surface area contributed by atoms with Crippen LogP contribution < -0.4 is 5.32 Å². The van der Waals surface area contributed by atoms with E-state index in [1.54, 1.807) is 0 Å². The molecule has 0 amide bonds. The Bertz CT molecular complexity index is 1050. The van der Waals surface area contributed by atoms with Gasteiger partial charge < -0.3 is 14.8 Å². The summed E-state index contributed by atoms with van der Waals surface area (Å²) in [5, 5.41) is 7.11. The maximum absolute atomic E-state index is 13.8. The van der Waals surface area contributed by atoms with Crippen molar-refractivity contribution in [2.75, 3.05) is 14.2 Å². The number of thiophene rings is 2. The number of hydrogen-bond donors (Lipinski definition) is 1. The van der Waals surface area contributed by atoms with E-state index in [2.05, 4.69) is 5.32 Å². The number of dihydropyridines is 1. The summed E-state index contributed by atoms with van der Waals surface area (Å²) in [5.74, 6) is -3.19. The van der Waals surface area contributed by atoms with Crippen molar-refractivity contribution in [3.8, 4) is 0 Å². The Morgan fingerprint density at radius 3 is 2.30 bits per heavy atom. The molecule has 6 nitrogen and oxygen atoms in total. The number of Topliss-reactive ketones (excluding diaryl/α,β-unsaturated/α-hetero) is 1. The van der Waals surface area contributed by atoms with Gasteiger partial charge in [-0.3, -0.25) is 9.59 Å². The van der Waals surface area contributed by atoms with E-state index in [9.17, 15) is 14.4 Å². The number of methoxy groups -OCH3 is 2. The molecule has 2 aromatic rings. The molecule has 156 valence electrons. The van der Waals surface area contributed by atoms with E-state index < -0.39 is 23.8 Å². The van der Waals surface area contributed by atoms with Gasteiger partial charge in [-0.2, -0.15) is 0 Å². The molecule has 0 unspecified atom stereocenters. The Labute approximate surface area is 182 Å². The molecule has 30 heavy (non-hydrogen) atoms. The largest absolute Gasteiger partial charge is 0.468 e. The van der Waals surface area contributed by atoms with Crippen LogP contribution in [0.15, 0.2) is 57.6 Å². The molecule has 1 aliphatic carbocycles. The molecule has 1 aliphatic heterocycles. The van der Waals surface area contributed by atoms with Crippen molar-refractivity contribution in [1.82, 2.24) is 5.32 Å². The lowest BCUT2D eigenvalue weighted by molar-refractivity contribution is -0.149. The van der Waals surface area contributed by atoms with Crippen molar-refractivity contribution < 1.29 is 23.9 Å². The summed E-state index contributed by atoms with van der Waals surface area (Å²) >= 11 is 2.98. The van der Waals surface area contributed by atoms with Gasteiger partial charge in [0.2, 0.25) is 0 Å². The maximum Gasteiger partial charge on any atom is 0.336 e. The Hall–Kier alpha value is -2.71. The molecule has 4 rings (SSSR count). The zero-order valence-corrected chi connectivity index (χ0v) is 18.4. The van der Waals surface area contributed by atoms with Gasteiger partial charge in [-0.25, -0.2) is 4.79 Å². The van der Waals surface area contributed by atoms with Crippen LogP contribution in [-0.4, -0.2) is 31.9 Å². The van der Waals surface area contributed by atoms with Crippen LogP contribution in [0.1, 0.15) is 34.9 Å². The first-order valence-corrected chi connectivity index (χ1v) is 11.2. The average molecular weight is 444 g/mol. The minimum absolute atomic E-state index is 0.304. The average Bonchev–Trinajstić information content (AvgIpc) is 3.45. The molecule has 0 bridgehead atoms. The number of carbonyl (C=O) groups excluding carboxylic acids is 3. The van der Waals surface area contributed by atoms with Crippen molar-refractivity contribution in [2.24, 2.45) is 5.92 Å². The minimum Gasteiger partial charge on any atom is -0.468 e. The topological polar surface area (TPSA) is 81.7 Å². The molecular formula is C22H21NO5S2. The highest BCUT2D eigenvalue weighted by Crippen LogP contribution is 2.49. The van der Waals surface area contributed by atoms with E-state index in [1.807, 2.05) is 41.9 Å². The number of nitrogens with one attached hydrogen (secondary N) is 1. The van der Waals surface area contributed by atoms with Crippen molar-refractivity contribution in [3.63, 3.8) is 0 Å². The Morgan fingerprint density at radius 1 is 1.07 bits per heavy atom. The van der Waals surface area contributed by atoms with E-state index in [-0.39, 0.29) is 11.7 Å². The van der Waals surface area contributed by atoms with Gasteiger partial charge in [0, 0.05) is 32.6 Å². The molecule has 0 saturated heterocycles. The molecule has 3 heterocycles. The molecule has 2 aromatic heterocycles. The SMILES string of the molecule is COC(=O)C1=C(C)NC2=C(C(=O)[C@@H](C(=O)OC)[C@@H](c3cccs3)C2)[C@@H]1c1cccs1. The summed E-state index contributed by atoms with van der Waals surface area (Å²) in [6.45, 7) is 1.81. The van der Waals surface area contributed by atoms with Gasteiger partial charge in [0.25, 0.3) is 0 Å². The summed E-state index contributed by atoms with van der Waals surface area (Å²) in [4.78, 5) is 40.9.